The van der Waals surface area contributed by atoms with Crippen molar-refractivity contribution in [1.82, 2.24) is 0 Å². The van der Waals surface area contributed by atoms with Crippen LogP contribution in [0.15, 0.2) is 121 Å². The van der Waals surface area contributed by atoms with E-state index in [1.165, 1.54) is 0 Å². The maximum absolute atomic E-state index is 12.9. The Morgan fingerprint density at radius 1 is 0.459 bits per heavy atom. The van der Waals surface area contributed by atoms with Gasteiger partial charge in [-0.3, -0.25) is 22.0 Å². The summed E-state index contributed by atoms with van der Waals surface area (Å²) >= 11 is 0.239. The molecule has 10 N–H and O–H groups in total. The van der Waals surface area contributed by atoms with Crippen LogP contribution in [0.5, 0.6) is 0 Å². The van der Waals surface area contributed by atoms with Crippen molar-refractivity contribution in [3.05, 3.63) is 60.7 Å². The van der Waals surface area contributed by atoms with Crippen LogP contribution in [0.25, 0.3) is 0 Å². The Bertz CT molecular complexity index is 3300. The molecular formula is C30H32N8O27S9. The predicted molar refractivity (Wildman–Crippen MR) is 248 cm³/mol. The van der Waals surface area contributed by atoms with E-state index in [1.54, 1.807) is 0 Å². The fraction of sp³-hybridized carbons (Fsp3) is 0.200. The van der Waals surface area contributed by atoms with Gasteiger partial charge in [0.1, 0.15) is 43.9 Å². The number of anilines is 2. The fourth-order valence-corrected chi connectivity index (χ4v) is 11.5. The predicted octanol–water partition coefficient (Wildman–Crippen LogP) is 5.16. The van der Waals surface area contributed by atoms with Crippen LogP contribution in [0.1, 0.15) is 0 Å². The Hall–Kier alpha value is -4.57. The summed E-state index contributed by atoms with van der Waals surface area (Å²) in [6.07, 6.45) is 0. The van der Waals surface area contributed by atoms with Crippen molar-refractivity contribution < 1.29 is 121 Å². The quantitative estimate of drug-likeness (QED) is 0.00635. The largest absolute Gasteiger partial charge is 0.397 e. The molecule has 0 saturated heterocycles. The van der Waals surface area contributed by atoms with Crippen LogP contribution in [0, 0.1) is 0 Å². The fourth-order valence-electron chi connectivity index (χ4n) is 5.13. The van der Waals surface area contributed by atoms with Crippen molar-refractivity contribution in [2.24, 2.45) is 30.7 Å². The van der Waals surface area contributed by atoms with Gasteiger partial charge in [-0.2, -0.15) is 25.3 Å². The molecule has 408 valence electrons. The van der Waals surface area contributed by atoms with Gasteiger partial charge >= 0.3 is 10.4 Å². The first-order valence-corrected chi connectivity index (χ1v) is 29.6. The zero-order chi connectivity index (χ0) is 55.1. The molecule has 4 aromatic rings. The van der Waals surface area contributed by atoms with E-state index in [9.17, 15) is 59.6 Å². The monoisotopic (exact) mass is 1220 g/mol. The van der Waals surface area contributed by atoms with Crippen molar-refractivity contribution in [2.45, 2.75) is 29.4 Å². The third-order valence-electron chi connectivity index (χ3n) is 8.37. The Morgan fingerprint density at radius 3 is 1.24 bits per heavy atom. The first kappa shape index (κ1) is 62.0. The Labute approximate surface area is 429 Å². The molecule has 35 nitrogen and oxygen atoms in total. The van der Waals surface area contributed by atoms with Gasteiger partial charge in [-0.25, -0.2) is 45.2 Å². The topological polar surface area (TPSA) is 535 Å². The van der Waals surface area contributed by atoms with Gasteiger partial charge in [-0.05, 0) is 60.7 Å². The van der Waals surface area contributed by atoms with Crippen LogP contribution >= 0.6 is 36.7 Å². The van der Waals surface area contributed by atoms with E-state index < -0.39 is 162 Å². The molecular weight excluding hydrogens is 1190 g/mol. The number of nitrogens with zero attached hydrogens (tertiary/aromatic N) is 6. The number of rotatable bonds is 30. The molecule has 0 radical (unpaired) electrons. The van der Waals surface area contributed by atoms with Crippen LogP contribution in [-0.2, 0) is 101 Å². The van der Waals surface area contributed by atoms with Gasteiger partial charge < -0.3 is 11.5 Å². The lowest BCUT2D eigenvalue weighted by Crippen LogP contribution is -2.15. The zero-order valence-corrected chi connectivity index (χ0v) is 43.1. The molecule has 4 aromatic carbocycles. The van der Waals surface area contributed by atoms with Crippen molar-refractivity contribution >= 4 is 142 Å². The number of benzene rings is 4. The summed E-state index contributed by atoms with van der Waals surface area (Å²) in [7, 11) is -28.8. The summed E-state index contributed by atoms with van der Waals surface area (Å²) in [4.78, 5) is -4.45. The van der Waals surface area contributed by atoms with Crippen molar-refractivity contribution in [3.63, 3.8) is 0 Å². The highest BCUT2D eigenvalue weighted by Crippen LogP contribution is 2.47. The molecule has 0 aliphatic heterocycles. The lowest BCUT2D eigenvalue weighted by Gasteiger charge is -2.11. The third kappa shape index (κ3) is 18.3. The molecule has 4 rings (SSSR count). The standard InChI is InChI=1S/C30H32N8O27S9/c31-28-23(36-34-21-5-2-18(14-26(21)72(48,49)50)69(42,43)10-7-57-67-64-61-40)16-24(37-35-22-6-3-19(15-27(22)73(51,52)53)70(44,45)11-8-58-68-65-62-41)29(32)30(28)38-33-20-4-1-17(13-25(20)66-63-60-39)71(46,47)12-9-59-74(54,55)56/h1-6,13-16,39-41H,7-12,31-32H2,(H,48,49,50)(H,51,52,53)(H,54,55,56). The molecule has 44 heteroatoms. The summed E-state index contributed by atoms with van der Waals surface area (Å²) in [5.74, 6) is -2.60. The second-order valence-corrected chi connectivity index (χ2v) is 25.0. The minimum Gasteiger partial charge on any atom is -0.395 e. The molecule has 0 aromatic heterocycles. The van der Waals surface area contributed by atoms with Crippen LogP contribution in [-0.4, -0.2) is 117 Å². The second kappa shape index (κ2) is 27.0. The summed E-state index contributed by atoms with van der Waals surface area (Å²) in [6, 6.07) is 7.98. The van der Waals surface area contributed by atoms with Crippen LogP contribution in [0.4, 0.5) is 45.5 Å². The maximum atomic E-state index is 12.9. The van der Waals surface area contributed by atoms with E-state index in [0.717, 1.165) is 48.5 Å². The summed E-state index contributed by atoms with van der Waals surface area (Å²) < 4.78 is 204. The molecule has 74 heavy (non-hydrogen) atoms. The number of sulfone groups is 3. The van der Waals surface area contributed by atoms with E-state index in [2.05, 4.69) is 63.0 Å². The van der Waals surface area contributed by atoms with E-state index in [0.29, 0.717) is 12.1 Å². The first-order chi connectivity index (χ1) is 34.5. The first-order valence-electron chi connectivity index (χ1n) is 18.4. The van der Waals surface area contributed by atoms with E-state index in [4.69, 9.17) is 40.2 Å². The van der Waals surface area contributed by atoms with E-state index in [1.807, 2.05) is 0 Å². The second-order valence-electron chi connectivity index (χ2n) is 13.0. The molecule has 0 heterocycles. The van der Waals surface area contributed by atoms with Crippen molar-refractivity contribution in [2.75, 3.05) is 48.5 Å². The molecule has 0 atom stereocenters. The summed E-state index contributed by atoms with van der Waals surface area (Å²) in [6.45, 7) is -2.21. The van der Waals surface area contributed by atoms with Gasteiger partial charge in [0, 0.05) is 0 Å². The molecule has 0 unspecified atom stereocenters. The third-order valence-corrected chi connectivity index (χ3v) is 17.0. The number of hydrogen-bond donors (Lipinski definition) is 8. The number of nitrogens with two attached hydrogens (primary N) is 2. The lowest BCUT2D eigenvalue weighted by atomic mass is 10.2. The number of azo groups is 3. The van der Waals surface area contributed by atoms with Gasteiger partial charge in [0.05, 0.1) is 80.1 Å². The molecule has 0 spiro atoms. The van der Waals surface area contributed by atoms with E-state index in [-0.39, 0.29) is 47.3 Å². The van der Waals surface area contributed by atoms with E-state index >= 15 is 0 Å². The molecule has 0 bridgehead atoms. The van der Waals surface area contributed by atoms with Crippen molar-refractivity contribution in [1.29, 1.82) is 0 Å². The van der Waals surface area contributed by atoms with Gasteiger partial charge in [0.25, 0.3) is 20.2 Å². The molecule has 0 aliphatic carbocycles. The Balaban J connectivity index is 1.90. The van der Waals surface area contributed by atoms with Gasteiger partial charge in [-0.1, -0.05) is 15.1 Å². The normalized spacial score (nSPS) is 13.2. The average Bonchev–Trinajstić information content (AvgIpc) is 3.31. The summed E-state index contributed by atoms with van der Waals surface area (Å²) in [5, 5.41) is 58.5. The maximum Gasteiger partial charge on any atom is 0.397 e. The van der Waals surface area contributed by atoms with Gasteiger partial charge in [0.2, 0.25) is 0 Å². The number of nitrogen functional groups attached to an aromatic ring is 2. The highest BCUT2D eigenvalue weighted by molar-refractivity contribution is 7.95. The molecule has 0 saturated carbocycles. The molecule has 0 fully saturated rings. The van der Waals surface area contributed by atoms with Gasteiger partial charge in [-0.15, -0.1) is 43.7 Å². The zero-order valence-electron chi connectivity index (χ0n) is 35.8. The average molecular weight is 1230 g/mol. The smallest absolute Gasteiger partial charge is 0.395 e. The highest BCUT2D eigenvalue weighted by Gasteiger charge is 2.26. The lowest BCUT2D eigenvalue weighted by molar-refractivity contribution is -0.434. The van der Waals surface area contributed by atoms with Crippen LogP contribution < -0.4 is 11.5 Å². The Kier molecular flexibility index (Phi) is 22.6. The number of hydrogen-bond acceptors (Lipinski definition) is 35. The Morgan fingerprint density at radius 2 is 0.838 bits per heavy atom. The minimum absolute atomic E-state index is 0.0495. The van der Waals surface area contributed by atoms with Crippen LogP contribution in [0.2, 0.25) is 0 Å². The SMILES string of the molecule is Nc1c(N=Nc2ccc(S(=O)(=O)CCOSOOO)cc2S(=O)(=O)O)cc(N=Nc2ccc(S(=O)(=O)CCOSOOO)cc2S(=O)(=O)O)c(N)c1N=Nc1ccc(S(=O)(=O)CCOS(=O)(=O)O)cc1SOOO. The minimum atomic E-state index is -5.32. The molecule has 0 aliphatic rings. The highest BCUT2D eigenvalue weighted by atomic mass is 32.3. The van der Waals surface area contributed by atoms with Crippen LogP contribution in [0.3, 0.4) is 0 Å². The van der Waals surface area contributed by atoms with Crippen molar-refractivity contribution in [3.8, 4) is 0 Å². The van der Waals surface area contributed by atoms with Gasteiger partial charge in [0.15, 0.2) is 54.2 Å². The molecule has 0 amide bonds. The summed E-state index contributed by atoms with van der Waals surface area (Å²) in [5.41, 5.74) is 7.97.